The molecule has 0 atom stereocenters. The quantitative estimate of drug-likeness (QED) is 0.137. The Bertz CT molecular complexity index is 3130. The molecule has 276 valence electrons. The Morgan fingerprint density at radius 1 is 0.293 bits per heavy atom. The van der Waals surface area contributed by atoms with E-state index in [2.05, 4.69) is 148 Å². The largest absolute Gasteiger partial charge is 0.310 e. The highest BCUT2D eigenvalue weighted by Crippen LogP contribution is 2.45. The second kappa shape index (κ2) is 15.6. The Morgan fingerprint density at radius 2 is 0.638 bits per heavy atom. The number of para-hydroxylation sites is 4. The summed E-state index contributed by atoms with van der Waals surface area (Å²) in [6.45, 7) is 0. The van der Waals surface area contributed by atoms with Gasteiger partial charge < -0.3 is 14.7 Å². The van der Waals surface area contributed by atoms with Crippen LogP contribution < -0.4 is 14.7 Å². The maximum absolute atomic E-state index is 8.66. The highest BCUT2D eigenvalue weighted by atomic mass is 32.1. The molecule has 1 aromatic heterocycles. The van der Waals surface area contributed by atoms with Gasteiger partial charge in [0.25, 0.3) is 0 Å². The van der Waals surface area contributed by atoms with Crippen LogP contribution in [0.1, 0.15) is 6.85 Å². The van der Waals surface area contributed by atoms with Crippen LogP contribution in [0.4, 0.5) is 51.2 Å². The SMILES string of the molecule is [2H]c1c([2H])c([2H])c(-c2ccc(N(c3cccc(N(c4ccccc4)c4ccccc4)c3)c3ccc4sc5ccc(N(c6ccccc6)c6ccccc6)cc5c4c3)cc2)c([2H])c1[2H]. The third-order valence-electron chi connectivity index (χ3n) is 10.3. The van der Waals surface area contributed by atoms with E-state index in [0.717, 1.165) is 62.0 Å². The molecule has 0 unspecified atom stereocenters. The molecular formula is C54H39N3S. The van der Waals surface area contributed by atoms with Crippen molar-refractivity contribution in [3.8, 4) is 11.1 Å². The predicted octanol–water partition coefficient (Wildman–Crippen LogP) is 16.1. The Balaban J connectivity index is 1.14. The van der Waals surface area contributed by atoms with E-state index >= 15 is 0 Å². The molecule has 4 heteroatoms. The number of anilines is 9. The van der Waals surface area contributed by atoms with Crippen LogP contribution in [0, 0.1) is 0 Å². The van der Waals surface area contributed by atoms with Crippen molar-refractivity contribution < 1.29 is 6.85 Å². The molecule has 0 bridgehead atoms. The third kappa shape index (κ3) is 6.87. The van der Waals surface area contributed by atoms with E-state index in [1.807, 2.05) is 72.8 Å². The zero-order chi connectivity index (χ0) is 43.0. The second-order valence-electron chi connectivity index (χ2n) is 13.9. The van der Waals surface area contributed by atoms with E-state index in [-0.39, 0.29) is 29.7 Å². The fourth-order valence-corrected chi connectivity index (χ4v) is 8.69. The lowest BCUT2D eigenvalue weighted by atomic mass is 10.0. The molecule has 0 aliphatic carbocycles. The molecule has 0 fully saturated rings. The molecule has 1 heterocycles. The summed E-state index contributed by atoms with van der Waals surface area (Å²) in [7, 11) is 0. The summed E-state index contributed by atoms with van der Waals surface area (Å²) in [6.07, 6.45) is 0. The first kappa shape index (κ1) is 29.8. The van der Waals surface area contributed by atoms with E-state index < -0.39 is 6.04 Å². The van der Waals surface area contributed by atoms with Gasteiger partial charge in [0.2, 0.25) is 0 Å². The first-order valence-corrected chi connectivity index (χ1v) is 20.0. The first-order valence-electron chi connectivity index (χ1n) is 21.7. The minimum Gasteiger partial charge on any atom is -0.310 e. The molecule has 0 aliphatic rings. The molecule has 58 heavy (non-hydrogen) atoms. The Kier molecular flexibility index (Phi) is 8.03. The van der Waals surface area contributed by atoms with Crippen molar-refractivity contribution in [3.63, 3.8) is 0 Å². The van der Waals surface area contributed by atoms with Gasteiger partial charge in [-0.2, -0.15) is 0 Å². The molecule has 10 rings (SSSR count). The average Bonchev–Trinajstić information content (AvgIpc) is 3.70. The van der Waals surface area contributed by atoms with Gasteiger partial charge in [-0.25, -0.2) is 0 Å². The maximum atomic E-state index is 8.66. The smallest absolute Gasteiger partial charge is 0.0629 e. The number of fused-ring (bicyclic) bond motifs is 3. The van der Waals surface area contributed by atoms with Crippen LogP contribution in [0.3, 0.4) is 0 Å². The summed E-state index contributed by atoms with van der Waals surface area (Å²) in [5.74, 6) is 0. The molecular weight excluding hydrogens is 723 g/mol. The zero-order valence-electron chi connectivity index (χ0n) is 36.4. The van der Waals surface area contributed by atoms with Crippen molar-refractivity contribution in [2.75, 3.05) is 14.7 Å². The van der Waals surface area contributed by atoms with Gasteiger partial charge >= 0.3 is 0 Å². The fraction of sp³-hybridized carbons (Fsp3) is 0. The molecule has 0 saturated carbocycles. The van der Waals surface area contributed by atoms with Crippen molar-refractivity contribution in [3.05, 3.63) is 236 Å². The summed E-state index contributed by atoms with van der Waals surface area (Å²) >= 11 is 1.77. The van der Waals surface area contributed by atoms with Crippen LogP contribution in [0.25, 0.3) is 31.3 Å². The number of hydrogen-bond acceptors (Lipinski definition) is 4. The third-order valence-corrected chi connectivity index (χ3v) is 11.4. The zero-order valence-corrected chi connectivity index (χ0v) is 32.2. The van der Waals surface area contributed by atoms with Crippen LogP contribution in [-0.2, 0) is 0 Å². The molecule has 0 radical (unpaired) electrons. The standard InChI is InChI=1S/C54H39N3S/c1-6-17-40(18-7-1)41-29-31-46(32-30-41)57(48-28-16-27-47(37-48)55(42-19-8-2-9-20-42)43-21-10-3-11-22-43)50-34-36-54-52(39-50)51-38-49(33-35-53(51)58-54)56(44-23-12-4-13-24-44)45-25-14-5-15-26-45/h1-39H/i1D,6D,7D,17D,18D. The molecule has 10 aromatic rings. The number of thiophene rings is 1. The van der Waals surface area contributed by atoms with Crippen LogP contribution in [-0.4, -0.2) is 0 Å². The van der Waals surface area contributed by atoms with Gasteiger partial charge in [-0.15, -0.1) is 11.3 Å². The van der Waals surface area contributed by atoms with Crippen molar-refractivity contribution in [1.29, 1.82) is 0 Å². The molecule has 0 amide bonds. The summed E-state index contributed by atoms with van der Waals surface area (Å²) in [5, 5.41) is 2.28. The molecule has 3 nitrogen and oxygen atoms in total. The molecule has 0 saturated heterocycles. The van der Waals surface area contributed by atoms with Crippen LogP contribution in [0.15, 0.2) is 236 Å². The van der Waals surface area contributed by atoms with Crippen LogP contribution in [0.5, 0.6) is 0 Å². The minimum atomic E-state index is -0.409. The monoisotopic (exact) mass is 766 g/mol. The lowest BCUT2D eigenvalue weighted by molar-refractivity contribution is 1.25. The number of benzene rings is 9. The van der Waals surface area contributed by atoms with Crippen molar-refractivity contribution in [1.82, 2.24) is 0 Å². The lowest BCUT2D eigenvalue weighted by Crippen LogP contribution is -2.13. The second-order valence-corrected chi connectivity index (χ2v) is 15.0. The Morgan fingerprint density at radius 3 is 1.07 bits per heavy atom. The predicted molar refractivity (Wildman–Crippen MR) is 249 cm³/mol. The highest BCUT2D eigenvalue weighted by molar-refractivity contribution is 7.25. The summed E-state index contributed by atoms with van der Waals surface area (Å²) in [6, 6.07) is 69.3. The number of nitrogens with zero attached hydrogens (tertiary/aromatic N) is 3. The molecule has 9 aromatic carbocycles. The number of rotatable bonds is 10. The normalized spacial score (nSPS) is 12.3. The van der Waals surface area contributed by atoms with E-state index in [4.69, 9.17) is 6.85 Å². The molecule has 0 aliphatic heterocycles. The summed E-state index contributed by atoms with van der Waals surface area (Å²) in [4.78, 5) is 6.74. The van der Waals surface area contributed by atoms with Gasteiger partial charge in [0.15, 0.2) is 0 Å². The van der Waals surface area contributed by atoms with Gasteiger partial charge in [0.05, 0.1) is 6.85 Å². The molecule has 0 N–H and O–H groups in total. The average molecular weight is 767 g/mol. The number of hydrogen-bond donors (Lipinski definition) is 0. The minimum absolute atomic E-state index is 0.171. The van der Waals surface area contributed by atoms with E-state index in [1.54, 1.807) is 11.3 Å². The maximum Gasteiger partial charge on any atom is 0.0629 e. The lowest BCUT2D eigenvalue weighted by Gasteiger charge is -2.29. The van der Waals surface area contributed by atoms with Crippen LogP contribution >= 0.6 is 11.3 Å². The van der Waals surface area contributed by atoms with Gasteiger partial charge in [0.1, 0.15) is 0 Å². The van der Waals surface area contributed by atoms with E-state index in [1.165, 1.54) is 9.40 Å². The van der Waals surface area contributed by atoms with Gasteiger partial charge in [-0.05, 0) is 126 Å². The molecule has 0 spiro atoms. The topological polar surface area (TPSA) is 9.72 Å². The Labute approximate surface area is 350 Å². The van der Waals surface area contributed by atoms with E-state index in [9.17, 15) is 0 Å². The van der Waals surface area contributed by atoms with Crippen LogP contribution in [0.2, 0.25) is 0 Å². The Hall–Kier alpha value is -7.40. The fourth-order valence-electron chi connectivity index (χ4n) is 7.62. The summed E-state index contributed by atoms with van der Waals surface area (Å²) < 4.78 is 44.4. The highest BCUT2D eigenvalue weighted by Gasteiger charge is 2.20. The van der Waals surface area contributed by atoms with Gasteiger partial charge in [0, 0.05) is 71.4 Å². The van der Waals surface area contributed by atoms with E-state index in [0.29, 0.717) is 5.56 Å². The van der Waals surface area contributed by atoms with Crippen molar-refractivity contribution >= 4 is 82.7 Å². The summed E-state index contributed by atoms with van der Waals surface area (Å²) in [5.41, 5.74) is 9.62. The van der Waals surface area contributed by atoms with Crippen molar-refractivity contribution in [2.45, 2.75) is 0 Å². The van der Waals surface area contributed by atoms with Gasteiger partial charge in [-0.3, -0.25) is 0 Å². The van der Waals surface area contributed by atoms with Crippen molar-refractivity contribution in [2.24, 2.45) is 0 Å². The first-order chi connectivity index (χ1) is 30.8. The van der Waals surface area contributed by atoms with Gasteiger partial charge in [-0.1, -0.05) is 121 Å².